The van der Waals surface area contributed by atoms with Gasteiger partial charge in [-0.05, 0) is 62.4 Å². The first-order chi connectivity index (χ1) is 10.3. The van der Waals surface area contributed by atoms with E-state index in [0.717, 1.165) is 44.1 Å². The first-order valence-electron chi connectivity index (χ1n) is 7.88. The SMILES string of the molecule is COc1ccc(CCC(=O)NCCC2CCCNC2)cc1. The fourth-order valence-corrected chi connectivity index (χ4v) is 2.72. The van der Waals surface area contributed by atoms with Gasteiger partial charge in [0.2, 0.25) is 5.91 Å². The molecule has 116 valence electrons. The Morgan fingerprint density at radius 2 is 2.19 bits per heavy atom. The van der Waals surface area contributed by atoms with E-state index in [0.29, 0.717) is 6.42 Å². The first kappa shape index (κ1) is 15.8. The number of carbonyl (C=O) groups is 1. The summed E-state index contributed by atoms with van der Waals surface area (Å²) in [6.45, 7) is 3.04. The van der Waals surface area contributed by atoms with Crippen molar-refractivity contribution in [2.75, 3.05) is 26.7 Å². The van der Waals surface area contributed by atoms with Crippen molar-refractivity contribution in [3.8, 4) is 5.75 Å². The zero-order chi connectivity index (χ0) is 14.9. The number of rotatable bonds is 7. The van der Waals surface area contributed by atoms with Gasteiger partial charge in [0, 0.05) is 13.0 Å². The second kappa shape index (κ2) is 8.67. The lowest BCUT2D eigenvalue weighted by Crippen LogP contribution is -2.33. The molecule has 1 saturated heterocycles. The number of methoxy groups -OCH3 is 1. The van der Waals surface area contributed by atoms with Gasteiger partial charge in [0.25, 0.3) is 0 Å². The van der Waals surface area contributed by atoms with Crippen molar-refractivity contribution in [1.29, 1.82) is 0 Å². The Morgan fingerprint density at radius 1 is 1.38 bits per heavy atom. The Bertz CT molecular complexity index is 425. The summed E-state index contributed by atoms with van der Waals surface area (Å²) in [5, 5.41) is 6.44. The molecule has 0 bridgehead atoms. The van der Waals surface area contributed by atoms with E-state index in [1.165, 1.54) is 18.4 Å². The second-order valence-electron chi connectivity index (χ2n) is 5.70. The van der Waals surface area contributed by atoms with Crippen LogP contribution in [0.4, 0.5) is 0 Å². The summed E-state index contributed by atoms with van der Waals surface area (Å²) < 4.78 is 5.12. The molecule has 0 saturated carbocycles. The normalized spacial score (nSPS) is 18.2. The minimum atomic E-state index is 0.148. The van der Waals surface area contributed by atoms with Gasteiger partial charge in [0.1, 0.15) is 5.75 Å². The van der Waals surface area contributed by atoms with Crippen molar-refractivity contribution < 1.29 is 9.53 Å². The van der Waals surface area contributed by atoms with Crippen LogP contribution >= 0.6 is 0 Å². The van der Waals surface area contributed by atoms with E-state index in [1.807, 2.05) is 24.3 Å². The second-order valence-corrected chi connectivity index (χ2v) is 5.70. The van der Waals surface area contributed by atoms with Crippen LogP contribution in [0, 0.1) is 5.92 Å². The minimum absolute atomic E-state index is 0.148. The van der Waals surface area contributed by atoms with E-state index in [2.05, 4.69) is 10.6 Å². The predicted molar refractivity (Wildman–Crippen MR) is 84.5 cm³/mol. The largest absolute Gasteiger partial charge is 0.497 e. The highest BCUT2D eigenvalue weighted by Crippen LogP contribution is 2.14. The Kier molecular flexibility index (Phi) is 6.54. The molecule has 0 radical (unpaired) electrons. The summed E-state index contributed by atoms with van der Waals surface area (Å²) in [4.78, 5) is 11.8. The maximum atomic E-state index is 11.8. The summed E-state index contributed by atoms with van der Waals surface area (Å²) in [6, 6.07) is 7.90. The molecule has 4 heteroatoms. The standard InChI is InChI=1S/C17H26N2O2/c1-21-16-7-4-14(5-8-16)6-9-17(20)19-12-10-15-3-2-11-18-13-15/h4-5,7-8,15,18H,2-3,6,9-13H2,1H3,(H,19,20). The fraction of sp³-hybridized carbons (Fsp3) is 0.588. The molecule has 1 unspecified atom stereocenters. The van der Waals surface area contributed by atoms with Gasteiger partial charge in [-0.1, -0.05) is 12.1 Å². The van der Waals surface area contributed by atoms with Gasteiger partial charge in [-0.15, -0.1) is 0 Å². The third-order valence-corrected chi connectivity index (χ3v) is 4.07. The molecular formula is C17H26N2O2. The predicted octanol–water partition coefficient (Wildman–Crippen LogP) is 2.13. The van der Waals surface area contributed by atoms with Crippen molar-refractivity contribution in [1.82, 2.24) is 10.6 Å². The van der Waals surface area contributed by atoms with Crippen LogP contribution in [0.1, 0.15) is 31.2 Å². The van der Waals surface area contributed by atoms with Crippen LogP contribution in [-0.4, -0.2) is 32.7 Å². The first-order valence-corrected chi connectivity index (χ1v) is 7.88. The number of ether oxygens (including phenoxy) is 1. The van der Waals surface area contributed by atoms with Crippen LogP contribution in [-0.2, 0) is 11.2 Å². The van der Waals surface area contributed by atoms with Crippen molar-refractivity contribution in [3.63, 3.8) is 0 Å². The van der Waals surface area contributed by atoms with Crippen molar-refractivity contribution in [2.45, 2.75) is 32.1 Å². The van der Waals surface area contributed by atoms with Crippen LogP contribution in [0.2, 0.25) is 0 Å². The van der Waals surface area contributed by atoms with E-state index in [4.69, 9.17) is 4.74 Å². The highest BCUT2D eigenvalue weighted by atomic mass is 16.5. The number of aryl methyl sites for hydroxylation is 1. The molecule has 1 aromatic carbocycles. The van der Waals surface area contributed by atoms with E-state index >= 15 is 0 Å². The highest BCUT2D eigenvalue weighted by Gasteiger charge is 2.12. The smallest absolute Gasteiger partial charge is 0.220 e. The van der Waals surface area contributed by atoms with Crippen molar-refractivity contribution in [2.24, 2.45) is 5.92 Å². The molecule has 21 heavy (non-hydrogen) atoms. The van der Waals surface area contributed by atoms with E-state index in [-0.39, 0.29) is 5.91 Å². The zero-order valence-corrected chi connectivity index (χ0v) is 12.9. The monoisotopic (exact) mass is 290 g/mol. The van der Waals surface area contributed by atoms with Crippen molar-refractivity contribution in [3.05, 3.63) is 29.8 Å². The molecule has 1 fully saturated rings. The third kappa shape index (κ3) is 5.76. The molecule has 1 amide bonds. The molecule has 2 N–H and O–H groups in total. The molecule has 1 aliphatic heterocycles. The minimum Gasteiger partial charge on any atom is -0.497 e. The van der Waals surface area contributed by atoms with Crippen LogP contribution in [0.15, 0.2) is 24.3 Å². The number of benzene rings is 1. The lowest BCUT2D eigenvalue weighted by Gasteiger charge is -2.22. The number of hydrogen-bond acceptors (Lipinski definition) is 3. The summed E-state index contributed by atoms with van der Waals surface area (Å²) in [5.74, 6) is 1.72. The van der Waals surface area contributed by atoms with Crippen LogP contribution in [0.5, 0.6) is 5.75 Å². The summed E-state index contributed by atoms with van der Waals surface area (Å²) in [7, 11) is 1.66. The summed E-state index contributed by atoms with van der Waals surface area (Å²) in [5.41, 5.74) is 1.17. The lowest BCUT2D eigenvalue weighted by molar-refractivity contribution is -0.121. The number of nitrogens with one attached hydrogen (secondary N) is 2. The molecule has 4 nitrogen and oxygen atoms in total. The summed E-state index contributed by atoms with van der Waals surface area (Å²) in [6.07, 6.45) is 4.96. The molecule has 0 spiro atoms. The Hall–Kier alpha value is -1.55. The molecule has 0 aliphatic carbocycles. The topological polar surface area (TPSA) is 50.4 Å². The van der Waals surface area contributed by atoms with Gasteiger partial charge < -0.3 is 15.4 Å². The quantitative estimate of drug-likeness (QED) is 0.809. The average molecular weight is 290 g/mol. The van der Waals surface area contributed by atoms with Crippen LogP contribution in [0.3, 0.4) is 0 Å². The number of hydrogen-bond donors (Lipinski definition) is 2. The molecular weight excluding hydrogens is 264 g/mol. The highest BCUT2D eigenvalue weighted by molar-refractivity contribution is 5.76. The lowest BCUT2D eigenvalue weighted by atomic mass is 9.96. The molecule has 0 aromatic heterocycles. The number of amides is 1. The van der Waals surface area contributed by atoms with E-state index < -0.39 is 0 Å². The van der Waals surface area contributed by atoms with Gasteiger partial charge in [-0.3, -0.25) is 4.79 Å². The maximum Gasteiger partial charge on any atom is 0.220 e. The van der Waals surface area contributed by atoms with Crippen LogP contribution < -0.4 is 15.4 Å². The van der Waals surface area contributed by atoms with E-state index in [9.17, 15) is 4.79 Å². The zero-order valence-electron chi connectivity index (χ0n) is 12.9. The van der Waals surface area contributed by atoms with Gasteiger partial charge >= 0.3 is 0 Å². The molecule has 1 aromatic rings. The Labute approximate surface area is 127 Å². The van der Waals surface area contributed by atoms with E-state index in [1.54, 1.807) is 7.11 Å². The van der Waals surface area contributed by atoms with Crippen LogP contribution in [0.25, 0.3) is 0 Å². The Morgan fingerprint density at radius 3 is 2.86 bits per heavy atom. The third-order valence-electron chi connectivity index (χ3n) is 4.07. The average Bonchev–Trinajstić information content (AvgIpc) is 2.54. The van der Waals surface area contributed by atoms with Crippen molar-refractivity contribution >= 4 is 5.91 Å². The maximum absolute atomic E-state index is 11.8. The Balaban J connectivity index is 1.60. The molecule has 1 heterocycles. The van der Waals surface area contributed by atoms with Gasteiger partial charge in [0.05, 0.1) is 7.11 Å². The fourth-order valence-electron chi connectivity index (χ4n) is 2.72. The number of piperidine rings is 1. The molecule has 1 atom stereocenters. The van der Waals surface area contributed by atoms with Gasteiger partial charge in [-0.2, -0.15) is 0 Å². The molecule has 1 aliphatic rings. The van der Waals surface area contributed by atoms with Gasteiger partial charge in [-0.25, -0.2) is 0 Å². The molecule has 2 rings (SSSR count). The van der Waals surface area contributed by atoms with Gasteiger partial charge in [0.15, 0.2) is 0 Å². The summed E-state index contributed by atoms with van der Waals surface area (Å²) >= 11 is 0. The number of carbonyl (C=O) groups excluding carboxylic acids is 1.